The maximum Gasteiger partial charge on any atom is 0.272 e. The lowest BCUT2D eigenvalue weighted by Gasteiger charge is -2.36. The van der Waals surface area contributed by atoms with Gasteiger partial charge in [-0.2, -0.15) is 5.26 Å². The topological polar surface area (TPSA) is 57.0 Å². The molecule has 0 saturated carbocycles. The lowest BCUT2D eigenvalue weighted by molar-refractivity contribution is 0.0710. The molecule has 1 aromatic heterocycles. The number of nitriles is 1. The van der Waals surface area contributed by atoms with Gasteiger partial charge in [-0.25, -0.2) is 0 Å². The molecule has 0 unspecified atom stereocenters. The zero-order valence-corrected chi connectivity index (χ0v) is 12.0. The molecule has 0 radical (unpaired) electrons. The van der Waals surface area contributed by atoms with Crippen LogP contribution in [0, 0.1) is 18.3 Å². The molecule has 5 heteroatoms. The van der Waals surface area contributed by atoms with Crippen LogP contribution in [0.1, 0.15) is 28.9 Å². The lowest BCUT2D eigenvalue weighted by atomic mass is 9.97. The molecule has 0 atom stereocenters. The van der Waals surface area contributed by atoms with Crippen molar-refractivity contribution in [1.29, 1.82) is 5.26 Å². The summed E-state index contributed by atoms with van der Waals surface area (Å²) in [5.74, 6) is -0.0225. The number of aromatic nitrogens is 1. The number of likely N-dealkylation sites (tertiary alicyclic amines) is 1. The highest BCUT2D eigenvalue weighted by atomic mass is 32.2. The molecule has 100 valence electrons. The summed E-state index contributed by atoms with van der Waals surface area (Å²) in [6, 6.07) is 6.11. The average molecular weight is 275 g/mol. The van der Waals surface area contributed by atoms with Gasteiger partial charge in [0.15, 0.2) is 0 Å². The predicted octanol–water partition coefficient (Wildman–Crippen LogP) is 2.25. The highest BCUT2D eigenvalue weighted by Gasteiger charge is 2.36. The van der Waals surface area contributed by atoms with Crippen molar-refractivity contribution >= 4 is 17.7 Å². The Balaban J connectivity index is 2.09. The van der Waals surface area contributed by atoms with E-state index in [2.05, 4.69) is 11.1 Å². The molecule has 1 aliphatic rings. The second-order valence-electron chi connectivity index (χ2n) is 4.77. The number of carbonyl (C=O) groups excluding carboxylic acids is 1. The van der Waals surface area contributed by atoms with E-state index in [1.54, 1.807) is 22.9 Å². The summed E-state index contributed by atoms with van der Waals surface area (Å²) in [6.07, 6.45) is 5.06. The minimum Gasteiger partial charge on any atom is -0.337 e. The molecule has 1 amide bonds. The molecular weight excluding hydrogens is 258 g/mol. The third-order valence-electron chi connectivity index (χ3n) is 3.66. The SMILES string of the molecule is CSC1(C#N)CCN(C(=O)c2ncccc2C)CC1. The molecule has 4 nitrogen and oxygen atoms in total. The molecule has 0 aliphatic carbocycles. The number of amides is 1. The Bertz CT molecular complexity index is 516. The lowest BCUT2D eigenvalue weighted by Crippen LogP contribution is -2.44. The third kappa shape index (κ3) is 2.74. The largest absolute Gasteiger partial charge is 0.337 e. The van der Waals surface area contributed by atoms with Crippen LogP contribution in [-0.2, 0) is 0 Å². The molecule has 1 aromatic rings. The first-order valence-electron chi connectivity index (χ1n) is 6.29. The van der Waals surface area contributed by atoms with E-state index in [1.165, 1.54) is 0 Å². The third-order valence-corrected chi connectivity index (χ3v) is 4.95. The van der Waals surface area contributed by atoms with Gasteiger partial charge in [0.1, 0.15) is 10.4 Å². The minimum atomic E-state index is -0.323. The summed E-state index contributed by atoms with van der Waals surface area (Å²) in [6.45, 7) is 3.15. The molecule has 2 rings (SSSR count). The first kappa shape index (κ1) is 13.9. The molecule has 19 heavy (non-hydrogen) atoms. The van der Waals surface area contributed by atoms with Gasteiger partial charge in [0, 0.05) is 19.3 Å². The van der Waals surface area contributed by atoms with Gasteiger partial charge in [0.2, 0.25) is 0 Å². The Morgan fingerprint density at radius 2 is 2.21 bits per heavy atom. The molecule has 0 N–H and O–H groups in total. The minimum absolute atomic E-state index is 0.0225. The Morgan fingerprint density at radius 1 is 1.53 bits per heavy atom. The van der Waals surface area contributed by atoms with Crippen molar-refractivity contribution in [2.75, 3.05) is 19.3 Å². The van der Waals surface area contributed by atoms with E-state index in [9.17, 15) is 10.1 Å². The summed E-state index contributed by atoms with van der Waals surface area (Å²) >= 11 is 1.59. The Kier molecular flexibility index (Phi) is 4.11. The van der Waals surface area contributed by atoms with E-state index in [0.717, 1.165) is 18.4 Å². The number of aryl methyl sites for hydroxylation is 1. The van der Waals surface area contributed by atoms with Gasteiger partial charge in [-0.3, -0.25) is 9.78 Å². The van der Waals surface area contributed by atoms with Crippen LogP contribution in [0.15, 0.2) is 18.3 Å². The van der Waals surface area contributed by atoms with E-state index in [0.29, 0.717) is 18.8 Å². The summed E-state index contributed by atoms with van der Waals surface area (Å²) in [4.78, 5) is 18.4. The monoisotopic (exact) mass is 275 g/mol. The molecule has 1 saturated heterocycles. The molecule has 0 aromatic carbocycles. The number of thioether (sulfide) groups is 1. The van der Waals surface area contributed by atoms with Gasteiger partial charge < -0.3 is 4.90 Å². The van der Waals surface area contributed by atoms with Crippen molar-refractivity contribution in [3.8, 4) is 6.07 Å². The Morgan fingerprint density at radius 3 is 2.74 bits per heavy atom. The van der Waals surface area contributed by atoms with E-state index < -0.39 is 0 Å². The number of nitrogens with zero attached hydrogens (tertiary/aromatic N) is 3. The fraction of sp³-hybridized carbons (Fsp3) is 0.500. The van der Waals surface area contributed by atoms with E-state index in [-0.39, 0.29) is 10.7 Å². The maximum absolute atomic E-state index is 12.4. The predicted molar refractivity (Wildman–Crippen MR) is 76.0 cm³/mol. The van der Waals surface area contributed by atoms with Crippen LogP contribution in [0.2, 0.25) is 0 Å². The maximum atomic E-state index is 12.4. The van der Waals surface area contributed by atoms with Crippen molar-refractivity contribution in [2.24, 2.45) is 0 Å². The van der Waals surface area contributed by atoms with Crippen LogP contribution < -0.4 is 0 Å². The van der Waals surface area contributed by atoms with Gasteiger partial charge in [-0.1, -0.05) is 6.07 Å². The standard InChI is InChI=1S/C14H17N3OS/c1-11-4-3-7-16-12(11)13(18)17-8-5-14(10-15,19-2)6-9-17/h3-4,7H,5-6,8-9H2,1-2H3. The van der Waals surface area contributed by atoms with Crippen LogP contribution in [0.25, 0.3) is 0 Å². The zero-order valence-electron chi connectivity index (χ0n) is 11.2. The number of carbonyl (C=O) groups is 1. The highest BCUT2D eigenvalue weighted by Crippen LogP contribution is 2.34. The average Bonchev–Trinajstić information content (AvgIpc) is 2.47. The van der Waals surface area contributed by atoms with Crippen LogP contribution >= 0.6 is 11.8 Å². The number of hydrogen-bond acceptors (Lipinski definition) is 4. The van der Waals surface area contributed by atoms with Crippen molar-refractivity contribution in [3.05, 3.63) is 29.6 Å². The van der Waals surface area contributed by atoms with Gasteiger partial charge in [-0.15, -0.1) is 11.8 Å². The molecule has 0 bridgehead atoms. The van der Waals surface area contributed by atoms with E-state index in [4.69, 9.17) is 0 Å². The highest BCUT2D eigenvalue weighted by molar-refractivity contribution is 8.00. The quantitative estimate of drug-likeness (QED) is 0.830. The first-order chi connectivity index (χ1) is 9.12. The number of pyridine rings is 1. The normalized spacial score (nSPS) is 17.8. The molecular formula is C14H17N3OS. The molecule has 2 heterocycles. The molecule has 1 aliphatic heterocycles. The van der Waals surface area contributed by atoms with Crippen LogP contribution in [0.4, 0.5) is 0 Å². The van der Waals surface area contributed by atoms with E-state index >= 15 is 0 Å². The van der Waals surface area contributed by atoms with Crippen molar-refractivity contribution < 1.29 is 4.79 Å². The Hall–Kier alpha value is -1.54. The summed E-state index contributed by atoms with van der Waals surface area (Å²) < 4.78 is -0.323. The van der Waals surface area contributed by atoms with Crippen LogP contribution in [-0.4, -0.2) is 39.9 Å². The fourth-order valence-corrected chi connectivity index (χ4v) is 2.97. The van der Waals surface area contributed by atoms with Gasteiger partial charge in [-0.05, 0) is 37.7 Å². The second kappa shape index (κ2) is 5.62. The van der Waals surface area contributed by atoms with E-state index in [1.807, 2.05) is 25.3 Å². The van der Waals surface area contributed by atoms with Gasteiger partial charge >= 0.3 is 0 Å². The van der Waals surface area contributed by atoms with Gasteiger partial charge in [0.05, 0.1) is 6.07 Å². The summed E-state index contributed by atoms with van der Waals surface area (Å²) in [5.41, 5.74) is 1.42. The van der Waals surface area contributed by atoms with Gasteiger partial charge in [0.25, 0.3) is 5.91 Å². The first-order valence-corrected chi connectivity index (χ1v) is 7.52. The number of hydrogen-bond donors (Lipinski definition) is 0. The summed E-state index contributed by atoms with van der Waals surface area (Å²) in [5, 5.41) is 9.24. The van der Waals surface area contributed by atoms with Crippen molar-refractivity contribution in [3.63, 3.8) is 0 Å². The Labute approximate surface area is 117 Å². The number of piperidine rings is 1. The molecule has 1 fully saturated rings. The second-order valence-corrected chi connectivity index (χ2v) is 5.96. The van der Waals surface area contributed by atoms with Crippen LogP contribution in [0.3, 0.4) is 0 Å². The van der Waals surface area contributed by atoms with Crippen LogP contribution in [0.5, 0.6) is 0 Å². The smallest absolute Gasteiger partial charge is 0.272 e. The zero-order chi connectivity index (χ0) is 13.9. The van der Waals surface area contributed by atoms with Crippen molar-refractivity contribution in [1.82, 2.24) is 9.88 Å². The molecule has 0 spiro atoms. The van der Waals surface area contributed by atoms with Crippen molar-refractivity contribution in [2.45, 2.75) is 24.5 Å². The fourth-order valence-electron chi connectivity index (χ4n) is 2.29. The number of rotatable bonds is 2. The summed E-state index contributed by atoms with van der Waals surface area (Å²) in [7, 11) is 0.